The summed E-state index contributed by atoms with van der Waals surface area (Å²) in [5.74, 6) is 0. The first kappa shape index (κ1) is 13.4. The summed E-state index contributed by atoms with van der Waals surface area (Å²) >= 11 is 5.95. The lowest BCUT2D eigenvalue weighted by Gasteiger charge is -2.12. The molecule has 2 rings (SSSR count). The number of halogens is 1. The van der Waals surface area contributed by atoms with E-state index in [4.69, 9.17) is 16.7 Å². The minimum absolute atomic E-state index is 0.262. The topological polar surface area (TPSA) is 48.0 Å². The lowest BCUT2D eigenvalue weighted by atomic mass is 10.1. The molecule has 0 bridgehead atoms. The van der Waals surface area contributed by atoms with Crippen molar-refractivity contribution in [3.8, 4) is 0 Å². The van der Waals surface area contributed by atoms with Crippen molar-refractivity contribution in [2.75, 3.05) is 6.61 Å². The van der Waals surface area contributed by atoms with Crippen LogP contribution in [0.25, 0.3) is 10.9 Å². The van der Waals surface area contributed by atoms with Gasteiger partial charge in [0, 0.05) is 41.3 Å². The third kappa shape index (κ3) is 3.25. The molecule has 0 saturated heterocycles. The van der Waals surface area contributed by atoms with E-state index in [2.05, 4.69) is 17.2 Å². The van der Waals surface area contributed by atoms with Crippen LogP contribution >= 0.6 is 11.6 Å². The van der Waals surface area contributed by atoms with Gasteiger partial charge < -0.3 is 15.4 Å². The summed E-state index contributed by atoms with van der Waals surface area (Å²) in [5.41, 5.74) is 2.32. The molecule has 4 heteroatoms. The van der Waals surface area contributed by atoms with E-state index < -0.39 is 0 Å². The molecule has 2 aromatic rings. The Morgan fingerprint density at radius 3 is 3.06 bits per heavy atom. The van der Waals surface area contributed by atoms with Gasteiger partial charge in [-0.2, -0.15) is 0 Å². The maximum absolute atomic E-state index is 8.79. The molecule has 3 nitrogen and oxygen atoms in total. The highest BCUT2D eigenvalue weighted by Gasteiger charge is 2.06. The summed E-state index contributed by atoms with van der Waals surface area (Å²) in [4.78, 5) is 3.23. The van der Waals surface area contributed by atoms with Gasteiger partial charge in [0.25, 0.3) is 0 Å². The fourth-order valence-electron chi connectivity index (χ4n) is 2.09. The number of hydrogen-bond acceptors (Lipinski definition) is 2. The maximum Gasteiger partial charge on any atom is 0.0472 e. The van der Waals surface area contributed by atoms with Crippen molar-refractivity contribution in [2.24, 2.45) is 0 Å². The highest BCUT2D eigenvalue weighted by atomic mass is 35.5. The Labute approximate surface area is 112 Å². The molecule has 98 valence electrons. The normalized spacial score (nSPS) is 13.1. The summed E-state index contributed by atoms with van der Waals surface area (Å²) in [6, 6.07) is 6.31. The van der Waals surface area contributed by atoms with Gasteiger partial charge in [-0.05, 0) is 37.5 Å². The van der Waals surface area contributed by atoms with Gasteiger partial charge in [0.05, 0.1) is 0 Å². The Hall–Kier alpha value is -1.03. The molecule has 0 spiro atoms. The van der Waals surface area contributed by atoms with Crippen LogP contribution in [-0.4, -0.2) is 22.7 Å². The summed E-state index contributed by atoms with van der Waals surface area (Å²) in [6.07, 6.45) is 3.86. The van der Waals surface area contributed by atoms with Gasteiger partial charge >= 0.3 is 0 Å². The average molecular weight is 267 g/mol. The molecule has 0 radical (unpaired) electrons. The van der Waals surface area contributed by atoms with Crippen molar-refractivity contribution in [3.05, 3.63) is 35.0 Å². The third-order valence-electron chi connectivity index (χ3n) is 3.17. The van der Waals surface area contributed by atoms with Crippen molar-refractivity contribution >= 4 is 22.5 Å². The van der Waals surface area contributed by atoms with E-state index in [1.807, 2.05) is 24.4 Å². The number of aromatic nitrogens is 1. The number of benzene rings is 1. The minimum Gasteiger partial charge on any atom is -0.396 e. The summed E-state index contributed by atoms with van der Waals surface area (Å²) in [5, 5.41) is 14.2. The van der Waals surface area contributed by atoms with E-state index in [0.717, 1.165) is 29.9 Å². The van der Waals surface area contributed by atoms with Crippen LogP contribution in [0.3, 0.4) is 0 Å². The Balaban J connectivity index is 1.99. The first-order valence-corrected chi connectivity index (χ1v) is 6.68. The van der Waals surface area contributed by atoms with Crippen LogP contribution in [0.4, 0.5) is 0 Å². The first-order valence-electron chi connectivity index (χ1n) is 6.30. The molecule has 1 heterocycles. The number of aliphatic hydroxyl groups excluding tert-OH is 1. The van der Waals surface area contributed by atoms with Crippen molar-refractivity contribution in [1.82, 2.24) is 10.3 Å². The van der Waals surface area contributed by atoms with E-state index in [-0.39, 0.29) is 6.61 Å². The van der Waals surface area contributed by atoms with Crippen LogP contribution in [0.2, 0.25) is 5.02 Å². The Bertz CT molecular complexity index is 509. The predicted octanol–water partition coefficient (Wildman–Crippen LogP) is 3.07. The largest absolute Gasteiger partial charge is 0.396 e. The molecule has 18 heavy (non-hydrogen) atoms. The molecule has 0 aliphatic heterocycles. The van der Waals surface area contributed by atoms with E-state index in [0.29, 0.717) is 6.04 Å². The molecule has 0 aliphatic carbocycles. The fourth-order valence-corrected chi connectivity index (χ4v) is 2.26. The molecule has 1 aromatic heterocycles. The number of hydrogen-bond donors (Lipinski definition) is 3. The molecule has 0 aliphatic rings. The van der Waals surface area contributed by atoms with Gasteiger partial charge in [-0.1, -0.05) is 17.7 Å². The van der Waals surface area contributed by atoms with Gasteiger partial charge in [0.1, 0.15) is 0 Å². The van der Waals surface area contributed by atoms with Crippen LogP contribution in [0.15, 0.2) is 24.4 Å². The van der Waals surface area contributed by atoms with Gasteiger partial charge in [0.2, 0.25) is 0 Å². The second-order valence-corrected chi connectivity index (χ2v) is 5.09. The lowest BCUT2D eigenvalue weighted by Crippen LogP contribution is -2.25. The SMILES string of the molecule is CC(CCCO)NCc1c[nH]c2cc(Cl)ccc12. The van der Waals surface area contributed by atoms with Crippen molar-refractivity contribution in [2.45, 2.75) is 32.4 Å². The molecule has 3 N–H and O–H groups in total. The van der Waals surface area contributed by atoms with Crippen LogP contribution in [0, 0.1) is 0 Å². The minimum atomic E-state index is 0.262. The Morgan fingerprint density at radius 1 is 1.44 bits per heavy atom. The monoisotopic (exact) mass is 266 g/mol. The second-order valence-electron chi connectivity index (χ2n) is 4.65. The number of nitrogens with one attached hydrogen (secondary N) is 2. The van der Waals surface area contributed by atoms with Crippen LogP contribution in [0.1, 0.15) is 25.3 Å². The van der Waals surface area contributed by atoms with Crippen molar-refractivity contribution < 1.29 is 5.11 Å². The smallest absolute Gasteiger partial charge is 0.0472 e. The van der Waals surface area contributed by atoms with Crippen molar-refractivity contribution in [3.63, 3.8) is 0 Å². The van der Waals surface area contributed by atoms with E-state index in [9.17, 15) is 0 Å². The molecule has 1 unspecified atom stereocenters. The lowest BCUT2D eigenvalue weighted by molar-refractivity contribution is 0.276. The molecule has 1 aromatic carbocycles. The highest BCUT2D eigenvalue weighted by Crippen LogP contribution is 2.22. The first-order chi connectivity index (χ1) is 8.70. The fraction of sp³-hybridized carbons (Fsp3) is 0.429. The number of H-pyrrole nitrogens is 1. The highest BCUT2D eigenvalue weighted by molar-refractivity contribution is 6.31. The zero-order valence-corrected chi connectivity index (χ0v) is 11.3. The number of aliphatic hydroxyl groups is 1. The van der Waals surface area contributed by atoms with Crippen LogP contribution in [0.5, 0.6) is 0 Å². The number of fused-ring (bicyclic) bond motifs is 1. The standard InChI is InChI=1S/C14H19ClN2O/c1-10(3-2-6-18)16-8-11-9-17-14-7-12(15)4-5-13(11)14/h4-5,7,9-10,16-18H,2-3,6,8H2,1H3. The van der Waals surface area contributed by atoms with Crippen LogP contribution < -0.4 is 5.32 Å². The van der Waals surface area contributed by atoms with Crippen molar-refractivity contribution in [1.29, 1.82) is 0 Å². The average Bonchev–Trinajstić information content (AvgIpc) is 2.76. The zero-order valence-electron chi connectivity index (χ0n) is 10.5. The molecule has 1 atom stereocenters. The molecule has 0 amide bonds. The van der Waals surface area contributed by atoms with Gasteiger partial charge in [-0.25, -0.2) is 0 Å². The second kappa shape index (κ2) is 6.23. The number of aromatic amines is 1. The summed E-state index contributed by atoms with van der Waals surface area (Å²) < 4.78 is 0. The molecular weight excluding hydrogens is 248 g/mol. The quantitative estimate of drug-likeness (QED) is 0.753. The molecule has 0 fully saturated rings. The molecular formula is C14H19ClN2O. The van der Waals surface area contributed by atoms with E-state index in [1.54, 1.807) is 0 Å². The predicted molar refractivity (Wildman–Crippen MR) is 75.9 cm³/mol. The Morgan fingerprint density at radius 2 is 2.28 bits per heavy atom. The Kier molecular flexibility index (Phi) is 4.64. The number of rotatable bonds is 6. The van der Waals surface area contributed by atoms with E-state index >= 15 is 0 Å². The van der Waals surface area contributed by atoms with Gasteiger partial charge in [-0.15, -0.1) is 0 Å². The zero-order chi connectivity index (χ0) is 13.0. The van der Waals surface area contributed by atoms with Gasteiger partial charge in [0.15, 0.2) is 0 Å². The maximum atomic E-state index is 8.79. The summed E-state index contributed by atoms with van der Waals surface area (Å²) in [7, 11) is 0. The van der Waals surface area contributed by atoms with Crippen LogP contribution in [-0.2, 0) is 6.54 Å². The van der Waals surface area contributed by atoms with Gasteiger partial charge in [-0.3, -0.25) is 0 Å². The van der Waals surface area contributed by atoms with E-state index in [1.165, 1.54) is 10.9 Å². The molecule has 0 saturated carbocycles. The third-order valence-corrected chi connectivity index (χ3v) is 3.40. The summed E-state index contributed by atoms with van der Waals surface area (Å²) in [6.45, 7) is 3.23.